The highest BCUT2D eigenvalue weighted by Gasteiger charge is 2.17. The summed E-state index contributed by atoms with van der Waals surface area (Å²) >= 11 is 12.0. The molecule has 0 radical (unpaired) electrons. The van der Waals surface area contributed by atoms with Gasteiger partial charge in [0, 0.05) is 11.3 Å². The minimum Gasteiger partial charge on any atom is -0.461 e. The number of hydrogen-bond acceptors (Lipinski definition) is 2. The predicted octanol–water partition coefficient (Wildman–Crippen LogP) is 6.97. The first-order chi connectivity index (χ1) is 13.0. The Morgan fingerprint density at radius 2 is 1.67 bits per heavy atom. The molecular formula is C22H15Cl2NO2. The zero-order valence-electron chi connectivity index (χ0n) is 14.4. The van der Waals surface area contributed by atoms with Crippen LogP contribution in [-0.4, -0.2) is 5.91 Å². The maximum Gasteiger partial charge on any atom is 0.259 e. The molecule has 0 spiro atoms. The largest absolute Gasteiger partial charge is 0.461 e. The number of fused-ring (bicyclic) bond motifs is 1. The molecule has 1 heterocycles. The van der Waals surface area contributed by atoms with Gasteiger partial charge in [-0.1, -0.05) is 53.5 Å². The van der Waals surface area contributed by atoms with Crippen LogP contribution >= 0.6 is 23.2 Å². The Balaban J connectivity index is 1.61. The molecule has 1 aromatic heterocycles. The van der Waals surface area contributed by atoms with Gasteiger partial charge in [0.1, 0.15) is 11.5 Å². The molecule has 4 rings (SSSR count). The fourth-order valence-corrected chi connectivity index (χ4v) is 3.26. The zero-order chi connectivity index (χ0) is 19.0. The average Bonchev–Trinajstić information content (AvgIpc) is 3.06. The van der Waals surface area contributed by atoms with E-state index in [9.17, 15) is 4.79 Å². The minimum absolute atomic E-state index is 0.224. The van der Waals surface area contributed by atoms with Crippen molar-refractivity contribution in [3.63, 3.8) is 0 Å². The number of halogens is 2. The molecule has 1 amide bonds. The van der Waals surface area contributed by atoms with E-state index in [4.69, 9.17) is 27.6 Å². The van der Waals surface area contributed by atoms with Crippen LogP contribution in [-0.2, 0) is 0 Å². The van der Waals surface area contributed by atoms with Crippen molar-refractivity contribution in [3.05, 3.63) is 88.1 Å². The Hall–Kier alpha value is -2.75. The highest BCUT2D eigenvalue weighted by Crippen LogP contribution is 2.31. The van der Waals surface area contributed by atoms with Gasteiger partial charge in [0.05, 0.1) is 15.6 Å². The van der Waals surface area contributed by atoms with Gasteiger partial charge in [0.15, 0.2) is 0 Å². The van der Waals surface area contributed by atoms with Crippen LogP contribution in [0.1, 0.15) is 16.1 Å². The van der Waals surface area contributed by atoms with Crippen molar-refractivity contribution >= 4 is 45.6 Å². The Morgan fingerprint density at radius 1 is 0.889 bits per heavy atom. The standard InChI is InChI=1S/C22H15Cl2NO2/c1-13-18(12-21(27-13)16-7-9-19(23)20(24)11-16)22(26)25-17-8-6-14-4-2-3-5-15(14)10-17/h2-12H,1H3,(H,25,26). The number of hydrogen-bond donors (Lipinski definition) is 1. The van der Waals surface area contributed by atoms with Crippen LogP contribution in [0.25, 0.3) is 22.1 Å². The van der Waals surface area contributed by atoms with Crippen molar-refractivity contribution in [1.29, 1.82) is 0 Å². The van der Waals surface area contributed by atoms with Crippen LogP contribution in [0.4, 0.5) is 5.69 Å². The molecule has 0 unspecified atom stereocenters. The number of carbonyl (C=O) groups excluding carboxylic acids is 1. The molecular weight excluding hydrogens is 381 g/mol. The van der Waals surface area contributed by atoms with Gasteiger partial charge < -0.3 is 9.73 Å². The third kappa shape index (κ3) is 3.57. The summed E-state index contributed by atoms with van der Waals surface area (Å²) in [5, 5.41) is 6.02. The van der Waals surface area contributed by atoms with E-state index in [0.717, 1.165) is 22.0 Å². The first-order valence-electron chi connectivity index (χ1n) is 8.37. The summed E-state index contributed by atoms with van der Waals surface area (Å²) in [5.74, 6) is 0.877. The maximum absolute atomic E-state index is 12.7. The van der Waals surface area contributed by atoms with E-state index in [2.05, 4.69) is 5.32 Å². The summed E-state index contributed by atoms with van der Waals surface area (Å²) in [4.78, 5) is 12.7. The van der Waals surface area contributed by atoms with E-state index in [-0.39, 0.29) is 5.91 Å². The van der Waals surface area contributed by atoms with Gasteiger partial charge >= 0.3 is 0 Å². The number of amides is 1. The van der Waals surface area contributed by atoms with Crippen LogP contribution in [0, 0.1) is 6.92 Å². The number of aryl methyl sites for hydroxylation is 1. The average molecular weight is 396 g/mol. The highest BCUT2D eigenvalue weighted by atomic mass is 35.5. The number of carbonyl (C=O) groups is 1. The van der Waals surface area contributed by atoms with Gasteiger partial charge in [-0.2, -0.15) is 0 Å². The van der Waals surface area contributed by atoms with E-state index in [1.807, 2.05) is 42.5 Å². The molecule has 0 atom stereocenters. The molecule has 134 valence electrons. The van der Waals surface area contributed by atoms with Crippen molar-refractivity contribution in [2.45, 2.75) is 6.92 Å². The number of furan rings is 1. The number of benzene rings is 3. The minimum atomic E-state index is -0.224. The highest BCUT2D eigenvalue weighted by molar-refractivity contribution is 6.42. The summed E-state index contributed by atoms with van der Waals surface area (Å²) in [7, 11) is 0. The molecule has 0 aliphatic rings. The van der Waals surface area contributed by atoms with E-state index >= 15 is 0 Å². The first kappa shape index (κ1) is 17.7. The van der Waals surface area contributed by atoms with Crippen molar-refractivity contribution in [2.75, 3.05) is 5.32 Å². The van der Waals surface area contributed by atoms with Crippen LogP contribution in [0.2, 0.25) is 10.0 Å². The second-order valence-electron chi connectivity index (χ2n) is 6.23. The lowest BCUT2D eigenvalue weighted by Gasteiger charge is -2.06. The van der Waals surface area contributed by atoms with Crippen molar-refractivity contribution < 1.29 is 9.21 Å². The van der Waals surface area contributed by atoms with Gasteiger partial charge in [0.2, 0.25) is 0 Å². The van der Waals surface area contributed by atoms with Gasteiger partial charge in [-0.25, -0.2) is 0 Å². The molecule has 0 saturated heterocycles. The van der Waals surface area contributed by atoms with Crippen molar-refractivity contribution in [3.8, 4) is 11.3 Å². The van der Waals surface area contributed by atoms with Gasteiger partial charge in [-0.15, -0.1) is 0 Å². The smallest absolute Gasteiger partial charge is 0.259 e. The topological polar surface area (TPSA) is 42.2 Å². The first-order valence-corrected chi connectivity index (χ1v) is 9.13. The van der Waals surface area contributed by atoms with Crippen LogP contribution in [0.15, 0.2) is 71.1 Å². The summed E-state index contributed by atoms with van der Waals surface area (Å²) < 4.78 is 5.76. The van der Waals surface area contributed by atoms with E-state index < -0.39 is 0 Å². The molecule has 1 N–H and O–H groups in total. The summed E-state index contributed by atoms with van der Waals surface area (Å²) in [6.45, 7) is 1.76. The van der Waals surface area contributed by atoms with E-state index in [0.29, 0.717) is 27.1 Å². The van der Waals surface area contributed by atoms with Crippen molar-refractivity contribution in [1.82, 2.24) is 0 Å². The van der Waals surface area contributed by atoms with Crippen molar-refractivity contribution in [2.24, 2.45) is 0 Å². The second kappa shape index (κ2) is 7.10. The fourth-order valence-electron chi connectivity index (χ4n) is 2.96. The van der Waals surface area contributed by atoms with E-state index in [1.165, 1.54) is 0 Å². The Morgan fingerprint density at radius 3 is 2.44 bits per heavy atom. The molecule has 0 aliphatic heterocycles. The SMILES string of the molecule is Cc1oc(-c2ccc(Cl)c(Cl)c2)cc1C(=O)Nc1ccc2ccccc2c1. The normalized spacial score (nSPS) is 10.9. The Bertz CT molecular complexity index is 1160. The quantitative estimate of drug-likeness (QED) is 0.406. The lowest BCUT2D eigenvalue weighted by Crippen LogP contribution is -2.11. The lowest BCUT2D eigenvalue weighted by molar-refractivity contribution is 0.102. The zero-order valence-corrected chi connectivity index (χ0v) is 15.9. The maximum atomic E-state index is 12.7. The van der Waals surface area contributed by atoms with Gasteiger partial charge in [-0.3, -0.25) is 4.79 Å². The molecule has 27 heavy (non-hydrogen) atoms. The van der Waals surface area contributed by atoms with Gasteiger partial charge in [-0.05, 0) is 54.1 Å². The van der Waals surface area contributed by atoms with Crippen LogP contribution in [0.3, 0.4) is 0 Å². The molecule has 3 nitrogen and oxygen atoms in total. The summed E-state index contributed by atoms with van der Waals surface area (Å²) in [6, 6.07) is 20.7. The van der Waals surface area contributed by atoms with Crippen LogP contribution in [0.5, 0.6) is 0 Å². The molecule has 0 saturated carbocycles. The second-order valence-corrected chi connectivity index (χ2v) is 7.04. The third-order valence-corrected chi connectivity index (χ3v) is 5.11. The third-order valence-electron chi connectivity index (χ3n) is 4.37. The predicted molar refractivity (Wildman–Crippen MR) is 111 cm³/mol. The summed E-state index contributed by atoms with van der Waals surface area (Å²) in [6.07, 6.45) is 0. The van der Waals surface area contributed by atoms with Crippen LogP contribution < -0.4 is 5.32 Å². The molecule has 3 aromatic carbocycles. The van der Waals surface area contributed by atoms with Gasteiger partial charge in [0.25, 0.3) is 5.91 Å². The number of rotatable bonds is 3. The monoisotopic (exact) mass is 395 g/mol. The molecule has 5 heteroatoms. The lowest BCUT2D eigenvalue weighted by atomic mass is 10.1. The number of nitrogens with one attached hydrogen (secondary N) is 1. The summed E-state index contributed by atoms with van der Waals surface area (Å²) in [5.41, 5.74) is 1.97. The molecule has 0 aliphatic carbocycles. The molecule has 4 aromatic rings. The Kier molecular flexibility index (Phi) is 4.65. The Labute approximate surface area is 166 Å². The molecule has 0 fully saturated rings. The van der Waals surface area contributed by atoms with E-state index in [1.54, 1.807) is 31.2 Å². The number of anilines is 1. The fraction of sp³-hybridized carbons (Fsp3) is 0.0455. The molecule has 0 bridgehead atoms.